The van der Waals surface area contributed by atoms with Gasteiger partial charge in [0.05, 0.1) is 0 Å². The minimum Gasteiger partial charge on any atom is -0.298 e. The first-order chi connectivity index (χ1) is 9.67. The first kappa shape index (κ1) is 14.0. The van der Waals surface area contributed by atoms with Crippen LogP contribution in [0.4, 0.5) is 8.78 Å². The van der Waals surface area contributed by atoms with Gasteiger partial charge in [-0.1, -0.05) is 6.92 Å². The first-order valence-corrected chi connectivity index (χ1v) is 7.59. The zero-order valence-electron chi connectivity index (χ0n) is 12.0. The smallest absolute Gasteiger partial charge is 0.127 e. The highest BCUT2D eigenvalue weighted by molar-refractivity contribution is 5.19. The molecule has 0 spiro atoms. The maximum Gasteiger partial charge on any atom is 0.127 e. The Labute approximate surface area is 119 Å². The largest absolute Gasteiger partial charge is 0.298 e. The van der Waals surface area contributed by atoms with E-state index in [0.717, 1.165) is 19.5 Å². The zero-order chi connectivity index (χ0) is 14.1. The standard InChI is InChI=1S/C16H22F2N2/c1-2-14-10-19-7-3-4-15(19)11-20(14)9-12-8-13(17)5-6-16(12)18/h5-6,8,14-15H,2-4,7,9-11H2,1H3. The van der Waals surface area contributed by atoms with Crippen LogP contribution in [0.5, 0.6) is 0 Å². The van der Waals surface area contributed by atoms with E-state index >= 15 is 0 Å². The molecule has 0 N–H and O–H groups in total. The maximum absolute atomic E-state index is 13.8. The molecule has 0 radical (unpaired) electrons. The molecule has 2 nitrogen and oxygen atoms in total. The Morgan fingerprint density at radius 2 is 2.10 bits per heavy atom. The van der Waals surface area contributed by atoms with Crippen LogP contribution in [-0.4, -0.2) is 41.5 Å². The van der Waals surface area contributed by atoms with Gasteiger partial charge in [0.15, 0.2) is 0 Å². The van der Waals surface area contributed by atoms with Crippen molar-refractivity contribution in [2.75, 3.05) is 19.6 Å². The monoisotopic (exact) mass is 280 g/mol. The fourth-order valence-electron chi connectivity index (χ4n) is 3.61. The molecule has 4 heteroatoms. The predicted octanol–water partition coefficient (Wildman–Crippen LogP) is 3.02. The van der Waals surface area contributed by atoms with E-state index in [4.69, 9.17) is 0 Å². The third-order valence-electron chi connectivity index (χ3n) is 4.76. The second-order valence-electron chi connectivity index (χ2n) is 6.02. The minimum absolute atomic E-state index is 0.296. The lowest BCUT2D eigenvalue weighted by Gasteiger charge is -2.43. The summed E-state index contributed by atoms with van der Waals surface area (Å²) >= 11 is 0. The molecule has 0 bridgehead atoms. The highest BCUT2D eigenvalue weighted by Crippen LogP contribution is 2.27. The van der Waals surface area contributed by atoms with E-state index in [-0.39, 0.29) is 11.6 Å². The van der Waals surface area contributed by atoms with Gasteiger partial charge in [0.2, 0.25) is 0 Å². The molecule has 2 fully saturated rings. The van der Waals surface area contributed by atoms with Crippen LogP contribution in [0.25, 0.3) is 0 Å². The summed E-state index contributed by atoms with van der Waals surface area (Å²) in [5.74, 6) is -0.649. The number of halogens is 2. The third-order valence-corrected chi connectivity index (χ3v) is 4.76. The molecule has 110 valence electrons. The van der Waals surface area contributed by atoms with Gasteiger partial charge in [0.1, 0.15) is 11.6 Å². The van der Waals surface area contributed by atoms with Crippen molar-refractivity contribution in [3.05, 3.63) is 35.4 Å². The van der Waals surface area contributed by atoms with Gasteiger partial charge >= 0.3 is 0 Å². The molecule has 0 saturated carbocycles. The number of benzene rings is 1. The Hall–Kier alpha value is -1.00. The van der Waals surface area contributed by atoms with Gasteiger partial charge in [-0.2, -0.15) is 0 Å². The average Bonchev–Trinajstić information content (AvgIpc) is 2.89. The number of hydrogen-bond acceptors (Lipinski definition) is 2. The fraction of sp³-hybridized carbons (Fsp3) is 0.625. The van der Waals surface area contributed by atoms with E-state index < -0.39 is 0 Å². The first-order valence-electron chi connectivity index (χ1n) is 7.59. The van der Waals surface area contributed by atoms with Crippen LogP contribution in [0.2, 0.25) is 0 Å². The van der Waals surface area contributed by atoms with Gasteiger partial charge in [-0.05, 0) is 44.0 Å². The summed E-state index contributed by atoms with van der Waals surface area (Å²) < 4.78 is 27.1. The van der Waals surface area contributed by atoms with E-state index in [1.54, 1.807) is 0 Å². The van der Waals surface area contributed by atoms with Crippen molar-refractivity contribution >= 4 is 0 Å². The molecule has 2 aliphatic rings. The lowest BCUT2D eigenvalue weighted by Crippen LogP contribution is -2.55. The molecule has 0 amide bonds. The van der Waals surface area contributed by atoms with Crippen molar-refractivity contribution in [2.24, 2.45) is 0 Å². The van der Waals surface area contributed by atoms with Gasteiger partial charge in [0.25, 0.3) is 0 Å². The molecular formula is C16H22F2N2. The molecule has 1 aromatic rings. The molecule has 0 aliphatic carbocycles. The van der Waals surface area contributed by atoms with Crippen molar-refractivity contribution in [3.63, 3.8) is 0 Å². The Balaban J connectivity index is 1.76. The van der Waals surface area contributed by atoms with Crippen molar-refractivity contribution in [2.45, 2.75) is 44.8 Å². The van der Waals surface area contributed by atoms with Gasteiger partial charge < -0.3 is 0 Å². The number of nitrogens with zero attached hydrogens (tertiary/aromatic N) is 2. The zero-order valence-corrected chi connectivity index (χ0v) is 12.0. The molecule has 1 aromatic carbocycles. The number of rotatable bonds is 3. The van der Waals surface area contributed by atoms with E-state index in [1.165, 1.54) is 37.6 Å². The summed E-state index contributed by atoms with van der Waals surface area (Å²) in [4.78, 5) is 4.90. The van der Waals surface area contributed by atoms with Crippen molar-refractivity contribution in [1.82, 2.24) is 9.80 Å². The minimum atomic E-state index is -0.353. The Morgan fingerprint density at radius 3 is 2.90 bits per heavy atom. The maximum atomic E-state index is 13.8. The van der Waals surface area contributed by atoms with Gasteiger partial charge in [-0.15, -0.1) is 0 Å². The van der Waals surface area contributed by atoms with E-state index in [2.05, 4.69) is 16.7 Å². The second-order valence-corrected chi connectivity index (χ2v) is 6.02. The van der Waals surface area contributed by atoms with Crippen LogP contribution in [0.15, 0.2) is 18.2 Å². The number of fused-ring (bicyclic) bond motifs is 1. The number of piperazine rings is 1. The molecule has 3 rings (SSSR count). The summed E-state index contributed by atoms with van der Waals surface area (Å²) in [7, 11) is 0. The molecular weight excluding hydrogens is 258 g/mol. The van der Waals surface area contributed by atoms with Crippen LogP contribution in [0.1, 0.15) is 31.7 Å². The van der Waals surface area contributed by atoms with Crippen LogP contribution < -0.4 is 0 Å². The molecule has 2 aliphatic heterocycles. The summed E-state index contributed by atoms with van der Waals surface area (Å²) in [5, 5.41) is 0. The molecule has 20 heavy (non-hydrogen) atoms. The highest BCUT2D eigenvalue weighted by atomic mass is 19.1. The molecule has 2 saturated heterocycles. The normalized spacial score (nSPS) is 27.8. The molecule has 2 heterocycles. The third kappa shape index (κ3) is 2.72. The second kappa shape index (κ2) is 5.78. The fourth-order valence-corrected chi connectivity index (χ4v) is 3.61. The van der Waals surface area contributed by atoms with Crippen molar-refractivity contribution < 1.29 is 8.78 Å². The van der Waals surface area contributed by atoms with Crippen molar-refractivity contribution in [3.8, 4) is 0 Å². The van der Waals surface area contributed by atoms with E-state index in [0.29, 0.717) is 24.2 Å². The molecule has 2 unspecified atom stereocenters. The Morgan fingerprint density at radius 1 is 1.25 bits per heavy atom. The Kier molecular flexibility index (Phi) is 4.03. The molecule has 0 aromatic heterocycles. The SMILES string of the molecule is CCC1CN2CCCC2CN1Cc1cc(F)ccc1F. The van der Waals surface area contributed by atoms with Crippen molar-refractivity contribution in [1.29, 1.82) is 0 Å². The van der Waals surface area contributed by atoms with Crippen LogP contribution in [0.3, 0.4) is 0 Å². The lowest BCUT2D eigenvalue weighted by atomic mass is 10.0. The van der Waals surface area contributed by atoms with Crippen LogP contribution in [0, 0.1) is 11.6 Å². The van der Waals surface area contributed by atoms with Gasteiger partial charge in [-0.3, -0.25) is 9.80 Å². The summed E-state index contributed by atoms with van der Waals surface area (Å²) in [6.07, 6.45) is 3.56. The topological polar surface area (TPSA) is 6.48 Å². The Bertz CT molecular complexity index is 478. The van der Waals surface area contributed by atoms with Crippen LogP contribution >= 0.6 is 0 Å². The van der Waals surface area contributed by atoms with Gasteiger partial charge in [0, 0.05) is 37.3 Å². The highest BCUT2D eigenvalue weighted by Gasteiger charge is 2.35. The van der Waals surface area contributed by atoms with E-state index in [1.807, 2.05) is 0 Å². The van der Waals surface area contributed by atoms with Gasteiger partial charge in [-0.25, -0.2) is 8.78 Å². The lowest BCUT2D eigenvalue weighted by molar-refractivity contribution is 0.0429. The van der Waals surface area contributed by atoms with E-state index in [9.17, 15) is 8.78 Å². The molecule has 2 atom stereocenters. The van der Waals surface area contributed by atoms with Crippen LogP contribution in [-0.2, 0) is 6.54 Å². The summed E-state index contributed by atoms with van der Waals surface area (Å²) in [6.45, 7) is 5.94. The summed E-state index contributed by atoms with van der Waals surface area (Å²) in [5.41, 5.74) is 0.481. The quantitative estimate of drug-likeness (QED) is 0.840. The summed E-state index contributed by atoms with van der Waals surface area (Å²) in [6, 6.07) is 4.81. The average molecular weight is 280 g/mol. The predicted molar refractivity (Wildman–Crippen MR) is 75.4 cm³/mol. The number of hydrogen-bond donors (Lipinski definition) is 0.